The van der Waals surface area contributed by atoms with Gasteiger partial charge in [-0.15, -0.1) is 0 Å². The van der Waals surface area contributed by atoms with Crippen molar-refractivity contribution in [1.29, 1.82) is 0 Å². The van der Waals surface area contributed by atoms with E-state index in [1.165, 1.54) is 0 Å². The first-order valence-corrected chi connectivity index (χ1v) is 7.11. The van der Waals surface area contributed by atoms with Gasteiger partial charge < -0.3 is 10.0 Å². The summed E-state index contributed by atoms with van der Waals surface area (Å²) in [6, 6.07) is 11.3. The minimum atomic E-state index is -0.106. The van der Waals surface area contributed by atoms with Crippen molar-refractivity contribution in [3.8, 4) is 5.75 Å². The predicted molar refractivity (Wildman–Crippen MR) is 82.1 cm³/mol. The van der Waals surface area contributed by atoms with Gasteiger partial charge in [-0.3, -0.25) is 4.79 Å². The average Bonchev–Trinajstić information content (AvgIpc) is 2.48. The predicted octanol–water partition coefficient (Wildman–Crippen LogP) is 3.81. The number of nitrogens with zero attached hydrogens (tertiary/aromatic N) is 1. The lowest BCUT2D eigenvalue weighted by molar-refractivity contribution is 0.0697. The van der Waals surface area contributed by atoms with Gasteiger partial charge in [-0.2, -0.15) is 0 Å². The number of fused-ring (bicyclic) bond motifs is 1. The van der Waals surface area contributed by atoms with Gasteiger partial charge in [0.1, 0.15) is 5.75 Å². The first-order valence-electron chi connectivity index (χ1n) is 7.11. The number of carbonyl (C=O) groups excluding carboxylic acids is 1. The van der Waals surface area contributed by atoms with Crippen molar-refractivity contribution in [2.75, 3.05) is 6.54 Å². The molecule has 3 nitrogen and oxygen atoms in total. The van der Waals surface area contributed by atoms with E-state index in [9.17, 15) is 9.90 Å². The van der Waals surface area contributed by atoms with Gasteiger partial charge in [0.15, 0.2) is 0 Å². The molecular weight excluding hydrogens is 250 g/mol. The highest BCUT2D eigenvalue weighted by molar-refractivity contribution is 6.03. The molecule has 2 aromatic carbocycles. The van der Waals surface area contributed by atoms with E-state index in [0.717, 1.165) is 17.2 Å². The first kappa shape index (κ1) is 14.4. The van der Waals surface area contributed by atoms with E-state index < -0.39 is 0 Å². The van der Waals surface area contributed by atoms with Crippen LogP contribution in [-0.4, -0.2) is 28.5 Å². The molecular formula is C17H21NO2. The van der Waals surface area contributed by atoms with Gasteiger partial charge in [-0.25, -0.2) is 0 Å². The highest BCUT2D eigenvalue weighted by atomic mass is 16.3. The standard InChI is InChI=1S/C17H21NO2/c1-4-12(3)18(5-2)17(20)15-11-10-13-8-6-7-9-14(13)16(15)19/h6-12,19H,4-5H2,1-3H3. The molecule has 0 heterocycles. The van der Waals surface area contributed by atoms with Crippen LogP contribution < -0.4 is 0 Å². The third-order valence-corrected chi connectivity index (χ3v) is 3.86. The Hall–Kier alpha value is -2.03. The molecule has 20 heavy (non-hydrogen) atoms. The summed E-state index contributed by atoms with van der Waals surface area (Å²) < 4.78 is 0. The van der Waals surface area contributed by atoms with E-state index in [-0.39, 0.29) is 17.7 Å². The van der Waals surface area contributed by atoms with E-state index in [1.54, 1.807) is 11.0 Å². The molecule has 0 fully saturated rings. The molecule has 1 amide bonds. The number of phenolic OH excluding ortho intramolecular Hbond substituents is 1. The quantitative estimate of drug-likeness (QED) is 0.918. The Morgan fingerprint density at radius 3 is 2.55 bits per heavy atom. The Kier molecular flexibility index (Phi) is 4.28. The van der Waals surface area contributed by atoms with Crippen molar-refractivity contribution < 1.29 is 9.90 Å². The maximum absolute atomic E-state index is 12.6. The molecule has 0 aromatic heterocycles. The molecule has 1 unspecified atom stereocenters. The summed E-state index contributed by atoms with van der Waals surface area (Å²) in [6.45, 7) is 6.68. The number of aromatic hydroxyl groups is 1. The van der Waals surface area contributed by atoms with Crippen LogP contribution in [-0.2, 0) is 0 Å². The topological polar surface area (TPSA) is 40.5 Å². The fourth-order valence-electron chi connectivity index (χ4n) is 2.46. The molecule has 0 spiro atoms. The molecule has 0 saturated heterocycles. The Balaban J connectivity index is 2.47. The number of benzene rings is 2. The van der Waals surface area contributed by atoms with Gasteiger partial charge in [0.25, 0.3) is 5.91 Å². The smallest absolute Gasteiger partial charge is 0.257 e. The van der Waals surface area contributed by atoms with Crippen LogP contribution in [0.15, 0.2) is 36.4 Å². The van der Waals surface area contributed by atoms with Crippen LogP contribution in [0.3, 0.4) is 0 Å². The Morgan fingerprint density at radius 2 is 1.90 bits per heavy atom. The molecule has 2 rings (SSSR count). The van der Waals surface area contributed by atoms with Crippen LogP contribution in [0.5, 0.6) is 5.75 Å². The molecule has 0 aliphatic rings. The van der Waals surface area contributed by atoms with E-state index in [2.05, 4.69) is 6.92 Å². The fraction of sp³-hybridized carbons (Fsp3) is 0.353. The minimum absolute atomic E-state index is 0.0786. The lowest BCUT2D eigenvalue weighted by Gasteiger charge is -2.27. The van der Waals surface area contributed by atoms with Crippen LogP contribution >= 0.6 is 0 Å². The molecule has 0 saturated carbocycles. The second-order valence-corrected chi connectivity index (χ2v) is 5.03. The number of phenols is 1. The maximum Gasteiger partial charge on any atom is 0.257 e. The summed E-state index contributed by atoms with van der Waals surface area (Å²) in [5.74, 6) is -0.0278. The molecule has 0 radical (unpaired) electrons. The van der Waals surface area contributed by atoms with Crippen LogP contribution in [0.25, 0.3) is 10.8 Å². The van der Waals surface area contributed by atoms with Crippen LogP contribution in [0.4, 0.5) is 0 Å². The van der Waals surface area contributed by atoms with Gasteiger partial charge in [0, 0.05) is 18.0 Å². The van der Waals surface area contributed by atoms with E-state index in [4.69, 9.17) is 0 Å². The molecule has 1 N–H and O–H groups in total. The zero-order valence-electron chi connectivity index (χ0n) is 12.3. The van der Waals surface area contributed by atoms with Gasteiger partial charge in [-0.1, -0.05) is 37.3 Å². The summed E-state index contributed by atoms with van der Waals surface area (Å²) in [7, 11) is 0. The molecule has 2 aromatic rings. The summed E-state index contributed by atoms with van der Waals surface area (Å²) in [5, 5.41) is 12.0. The lowest BCUT2D eigenvalue weighted by atomic mass is 10.0. The normalized spacial score (nSPS) is 12.3. The summed E-state index contributed by atoms with van der Waals surface area (Å²) in [4.78, 5) is 14.4. The van der Waals surface area contributed by atoms with E-state index in [1.807, 2.05) is 44.2 Å². The van der Waals surface area contributed by atoms with Crippen LogP contribution in [0.2, 0.25) is 0 Å². The molecule has 0 aliphatic carbocycles. The molecule has 0 aliphatic heterocycles. The Bertz CT molecular complexity index is 621. The van der Waals surface area contributed by atoms with Crippen molar-refractivity contribution in [3.63, 3.8) is 0 Å². The van der Waals surface area contributed by atoms with Crippen molar-refractivity contribution in [2.45, 2.75) is 33.2 Å². The van der Waals surface area contributed by atoms with Gasteiger partial charge in [-0.05, 0) is 31.7 Å². The minimum Gasteiger partial charge on any atom is -0.506 e. The van der Waals surface area contributed by atoms with Crippen LogP contribution in [0, 0.1) is 0 Å². The highest BCUT2D eigenvalue weighted by Gasteiger charge is 2.22. The molecule has 3 heteroatoms. The van der Waals surface area contributed by atoms with E-state index in [0.29, 0.717) is 12.1 Å². The first-order chi connectivity index (χ1) is 9.60. The number of hydrogen-bond donors (Lipinski definition) is 1. The Morgan fingerprint density at radius 1 is 1.20 bits per heavy atom. The monoisotopic (exact) mass is 271 g/mol. The van der Waals surface area contributed by atoms with Gasteiger partial charge >= 0.3 is 0 Å². The van der Waals surface area contributed by atoms with Gasteiger partial charge in [0.05, 0.1) is 5.56 Å². The zero-order chi connectivity index (χ0) is 14.7. The van der Waals surface area contributed by atoms with Crippen molar-refractivity contribution in [1.82, 2.24) is 4.90 Å². The van der Waals surface area contributed by atoms with Crippen LogP contribution in [0.1, 0.15) is 37.6 Å². The van der Waals surface area contributed by atoms with Crippen molar-refractivity contribution in [2.24, 2.45) is 0 Å². The molecule has 1 atom stereocenters. The average molecular weight is 271 g/mol. The second-order valence-electron chi connectivity index (χ2n) is 5.03. The number of amides is 1. The zero-order valence-corrected chi connectivity index (χ0v) is 12.3. The third kappa shape index (κ3) is 2.48. The summed E-state index contributed by atoms with van der Waals surface area (Å²) >= 11 is 0. The molecule has 0 bridgehead atoms. The third-order valence-electron chi connectivity index (χ3n) is 3.86. The number of hydrogen-bond acceptors (Lipinski definition) is 2. The largest absolute Gasteiger partial charge is 0.506 e. The molecule has 106 valence electrons. The highest BCUT2D eigenvalue weighted by Crippen LogP contribution is 2.29. The summed E-state index contributed by atoms with van der Waals surface area (Å²) in [5.41, 5.74) is 0.380. The van der Waals surface area contributed by atoms with E-state index >= 15 is 0 Å². The lowest BCUT2D eigenvalue weighted by Crippen LogP contribution is -2.38. The SMILES string of the molecule is CCC(C)N(CC)C(=O)c1ccc2ccccc2c1O. The number of carbonyl (C=O) groups is 1. The van der Waals surface area contributed by atoms with Crippen molar-refractivity contribution in [3.05, 3.63) is 42.0 Å². The van der Waals surface area contributed by atoms with Crippen molar-refractivity contribution >= 4 is 16.7 Å². The Labute approximate surface area is 119 Å². The van der Waals surface area contributed by atoms with Gasteiger partial charge in [0.2, 0.25) is 0 Å². The fourth-order valence-corrected chi connectivity index (χ4v) is 2.46. The summed E-state index contributed by atoms with van der Waals surface area (Å²) in [6.07, 6.45) is 0.897. The maximum atomic E-state index is 12.6. The number of rotatable bonds is 4. The second kappa shape index (κ2) is 5.95.